The maximum Gasteiger partial charge on any atom is 0.168 e. The lowest BCUT2D eigenvalue weighted by atomic mass is 10.0. The van der Waals surface area contributed by atoms with Gasteiger partial charge in [-0.15, -0.1) is 0 Å². The summed E-state index contributed by atoms with van der Waals surface area (Å²) in [5.41, 5.74) is 0.678. The number of ether oxygens (including phenoxy) is 1. The zero-order valence-electron chi connectivity index (χ0n) is 16.9. The van der Waals surface area contributed by atoms with Gasteiger partial charge < -0.3 is 9.84 Å². The summed E-state index contributed by atoms with van der Waals surface area (Å²) in [5.74, 6) is -1.12. The quantitative estimate of drug-likeness (QED) is 0.333. The predicted octanol–water partition coefficient (Wildman–Crippen LogP) is 6.31. The molecule has 1 unspecified atom stereocenters. The average molecular weight is 409 g/mol. The number of fused-ring (bicyclic) bond motifs is 1. The van der Waals surface area contributed by atoms with Gasteiger partial charge in [-0.2, -0.15) is 0 Å². The summed E-state index contributed by atoms with van der Waals surface area (Å²) < 4.78 is 34.8. The van der Waals surface area contributed by atoms with Crippen molar-refractivity contribution in [3.8, 4) is 17.0 Å². The van der Waals surface area contributed by atoms with E-state index in [1.165, 1.54) is 0 Å². The molecule has 0 radical (unpaired) electrons. The lowest BCUT2D eigenvalue weighted by molar-refractivity contribution is 0.182. The van der Waals surface area contributed by atoms with Gasteiger partial charge in [-0.1, -0.05) is 36.9 Å². The summed E-state index contributed by atoms with van der Waals surface area (Å²) in [5, 5.41) is 11.0. The van der Waals surface area contributed by atoms with Crippen molar-refractivity contribution < 1.29 is 18.6 Å². The van der Waals surface area contributed by atoms with E-state index < -0.39 is 11.6 Å². The number of nitrogens with zero attached hydrogens (tertiary/aromatic N) is 1. The number of unbranched alkanes of at least 4 members (excludes halogenated alkanes) is 1. The van der Waals surface area contributed by atoms with Crippen LogP contribution in [0.2, 0.25) is 0 Å². The van der Waals surface area contributed by atoms with Gasteiger partial charge in [0.25, 0.3) is 0 Å². The van der Waals surface area contributed by atoms with Crippen LogP contribution in [0.15, 0.2) is 61.3 Å². The number of aliphatic hydroxyl groups is 1. The van der Waals surface area contributed by atoms with Crippen molar-refractivity contribution in [3.05, 3.63) is 78.5 Å². The molecule has 0 bridgehead atoms. The standard InChI is InChI=1S/C25H25F2NO2/c1-3-13-30-21-11-9-19-15-23(28-16-20(19)14-21)22-12-10-18(24(26)25(22)27)8-6-4-5-7-17(2)29/h3,6,8-12,14-17,29H,1,4-5,7,13H2,2H3. The fraction of sp³-hybridized carbons (Fsp3) is 0.240. The monoisotopic (exact) mass is 409 g/mol. The van der Waals surface area contributed by atoms with E-state index in [0.717, 1.165) is 17.2 Å². The first-order chi connectivity index (χ1) is 14.5. The van der Waals surface area contributed by atoms with Gasteiger partial charge in [0.15, 0.2) is 11.6 Å². The summed E-state index contributed by atoms with van der Waals surface area (Å²) >= 11 is 0. The van der Waals surface area contributed by atoms with Crippen molar-refractivity contribution in [3.63, 3.8) is 0 Å². The molecule has 0 amide bonds. The summed E-state index contributed by atoms with van der Waals surface area (Å²) in [7, 11) is 0. The maximum absolute atomic E-state index is 14.7. The van der Waals surface area contributed by atoms with Crippen LogP contribution in [0.25, 0.3) is 28.1 Å². The second-order valence-corrected chi connectivity index (χ2v) is 7.19. The Morgan fingerprint density at radius 2 is 1.97 bits per heavy atom. The highest BCUT2D eigenvalue weighted by atomic mass is 19.2. The zero-order valence-corrected chi connectivity index (χ0v) is 16.9. The number of aromatic nitrogens is 1. The van der Waals surface area contributed by atoms with Crippen molar-refractivity contribution >= 4 is 16.8 Å². The number of benzene rings is 2. The Balaban J connectivity index is 1.81. The van der Waals surface area contributed by atoms with Gasteiger partial charge in [0.2, 0.25) is 0 Å². The van der Waals surface area contributed by atoms with Crippen LogP contribution in [0.1, 0.15) is 31.7 Å². The molecule has 30 heavy (non-hydrogen) atoms. The SMILES string of the molecule is C=CCOc1ccc2cc(-c3ccc(C=CCCCC(C)O)c(F)c3F)ncc2c1. The van der Waals surface area contributed by atoms with E-state index in [9.17, 15) is 13.9 Å². The van der Waals surface area contributed by atoms with Gasteiger partial charge in [0.1, 0.15) is 12.4 Å². The highest BCUT2D eigenvalue weighted by Gasteiger charge is 2.15. The Kier molecular flexibility index (Phi) is 7.31. The van der Waals surface area contributed by atoms with E-state index in [1.54, 1.807) is 49.5 Å². The fourth-order valence-electron chi connectivity index (χ4n) is 3.14. The normalized spacial score (nSPS) is 12.4. The van der Waals surface area contributed by atoms with Crippen LogP contribution in [0.4, 0.5) is 8.78 Å². The molecule has 0 spiro atoms. The molecule has 1 N–H and O–H groups in total. The lowest BCUT2D eigenvalue weighted by Gasteiger charge is -2.09. The zero-order chi connectivity index (χ0) is 21.5. The van der Waals surface area contributed by atoms with Crippen LogP contribution < -0.4 is 4.74 Å². The minimum atomic E-state index is -0.918. The molecule has 1 atom stereocenters. The minimum absolute atomic E-state index is 0.118. The van der Waals surface area contributed by atoms with Crippen molar-refractivity contribution in [1.82, 2.24) is 4.98 Å². The third-order valence-electron chi connectivity index (χ3n) is 4.74. The van der Waals surface area contributed by atoms with E-state index in [2.05, 4.69) is 11.6 Å². The molecule has 3 aromatic rings. The molecular formula is C25H25F2NO2. The lowest BCUT2D eigenvalue weighted by Crippen LogP contribution is -1.97. The van der Waals surface area contributed by atoms with Crippen LogP contribution in [-0.2, 0) is 0 Å². The van der Waals surface area contributed by atoms with Gasteiger partial charge in [-0.3, -0.25) is 4.98 Å². The molecule has 0 aliphatic carbocycles. The van der Waals surface area contributed by atoms with Gasteiger partial charge in [0, 0.05) is 22.7 Å². The molecule has 0 fully saturated rings. The number of rotatable bonds is 9. The van der Waals surface area contributed by atoms with Crippen LogP contribution in [0.3, 0.4) is 0 Å². The van der Waals surface area contributed by atoms with Crippen LogP contribution in [0, 0.1) is 11.6 Å². The summed E-state index contributed by atoms with van der Waals surface area (Å²) in [4.78, 5) is 4.31. The first-order valence-corrected chi connectivity index (χ1v) is 9.96. The molecule has 5 heteroatoms. The van der Waals surface area contributed by atoms with Gasteiger partial charge in [0.05, 0.1) is 11.8 Å². The highest BCUT2D eigenvalue weighted by molar-refractivity contribution is 5.86. The van der Waals surface area contributed by atoms with Gasteiger partial charge in [-0.25, -0.2) is 8.78 Å². The first kappa shape index (κ1) is 21.7. The fourth-order valence-corrected chi connectivity index (χ4v) is 3.14. The second-order valence-electron chi connectivity index (χ2n) is 7.19. The molecule has 1 heterocycles. The smallest absolute Gasteiger partial charge is 0.168 e. The average Bonchev–Trinajstić information content (AvgIpc) is 2.74. The maximum atomic E-state index is 14.7. The topological polar surface area (TPSA) is 42.4 Å². The predicted molar refractivity (Wildman–Crippen MR) is 117 cm³/mol. The first-order valence-electron chi connectivity index (χ1n) is 9.96. The Morgan fingerprint density at radius 3 is 2.73 bits per heavy atom. The van der Waals surface area contributed by atoms with Crippen molar-refractivity contribution in [1.29, 1.82) is 0 Å². The minimum Gasteiger partial charge on any atom is -0.490 e. The Morgan fingerprint density at radius 1 is 1.13 bits per heavy atom. The van der Waals surface area contributed by atoms with Gasteiger partial charge >= 0.3 is 0 Å². The third kappa shape index (κ3) is 5.30. The van der Waals surface area contributed by atoms with E-state index in [0.29, 0.717) is 30.9 Å². The molecule has 0 saturated heterocycles. The number of allylic oxidation sites excluding steroid dienone is 1. The number of halogens is 2. The molecule has 0 saturated carbocycles. The van der Waals surface area contributed by atoms with Crippen molar-refractivity contribution in [2.24, 2.45) is 0 Å². The number of aliphatic hydroxyl groups excluding tert-OH is 1. The molecule has 1 aromatic heterocycles. The third-order valence-corrected chi connectivity index (χ3v) is 4.74. The van der Waals surface area contributed by atoms with E-state index in [-0.39, 0.29) is 17.2 Å². The molecule has 0 aliphatic heterocycles. The summed E-state index contributed by atoms with van der Waals surface area (Å²) in [6, 6.07) is 10.4. The molecule has 156 valence electrons. The molecule has 3 rings (SSSR count). The van der Waals surface area contributed by atoms with Gasteiger partial charge in [-0.05, 0) is 55.8 Å². The van der Waals surface area contributed by atoms with E-state index >= 15 is 0 Å². The molecule has 0 aliphatic rings. The number of hydrogen-bond donors (Lipinski definition) is 1. The van der Waals surface area contributed by atoms with E-state index in [4.69, 9.17) is 4.74 Å². The Labute approximate surface area is 175 Å². The van der Waals surface area contributed by atoms with Crippen molar-refractivity contribution in [2.75, 3.05) is 6.61 Å². The molecule has 3 nitrogen and oxygen atoms in total. The Bertz CT molecular complexity index is 1060. The van der Waals surface area contributed by atoms with Crippen LogP contribution >= 0.6 is 0 Å². The molecule has 2 aromatic carbocycles. The summed E-state index contributed by atoms with van der Waals surface area (Å²) in [6.07, 6.45) is 8.46. The Hall–Kier alpha value is -3.05. The van der Waals surface area contributed by atoms with E-state index in [1.807, 2.05) is 18.2 Å². The number of pyridine rings is 1. The van der Waals surface area contributed by atoms with Crippen LogP contribution in [0.5, 0.6) is 5.75 Å². The molecular weight excluding hydrogens is 384 g/mol. The summed E-state index contributed by atoms with van der Waals surface area (Å²) in [6.45, 7) is 5.75. The number of hydrogen-bond acceptors (Lipinski definition) is 3. The largest absolute Gasteiger partial charge is 0.490 e. The second kappa shape index (κ2) is 10.1. The highest BCUT2D eigenvalue weighted by Crippen LogP contribution is 2.29. The van der Waals surface area contributed by atoms with Crippen LogP contribution in [-0.4, -0.2) is 22.8 Å². The van der Waals surface area contributed by atoms with Crippen molar-refractivity contribution in [2.45, 2.75) is 32.3 Å².